The Morgan fingerprint density at radius 3 is 2.56 bits per heavy atom. The van der Waals surface area contributed by atoms with Gasteiger partial charge in [-0.2, -0.15) is 5.10 Å². The maximum atomic E-state index is 12.3. The van der Waals surface area contributed by atoms with Crippen LogP contribution in [0.5, 0.6) is 0 Å². The number of benzene rings is 1. The van der Waals surface area contributed by atoms with Crippen LogP contribution in [0, 0.1) is 12.8 Å². The first-order chi connectivity index (χ1) is 11.8. The number of rotatable bonds is 6. The summed E-state index contributed by atoms with van der Waals surface area (Å²) in [6.07, 6.45) is 0.276. The molecule has 7 heteroatoms. The molecule has 2 aromatic rings. The lowest BCUT2D eigenvalue weighted by Crippen LogP contribution is -2.33. The molecule has 0 aliphatic rings. The number of carbonyl (C=O) groups is 1. The van der Waals surface area contributed by atoms with Crippen molar-refractivity contribution in [2.45, 2.75) is 33.3 Å². The lowest BCUT2D eigenvalue weighted by atomic mass is 10.1. The Morgan fingerprint density at radius 1 is 1.32 bits per heavy atom. The average molecular weight is 409 g/mol. The number of anilines is 1. The molecule has 1 aromatic heterocycles. The molecule has 2 amide bonds. The van der Waals surface area contributed by atoms with Crippen LogP contribution in [0.1, 0.15) is 26.0 Å². The van der Waals surface area contributed by atoms with Crippen LogP contribution in [0.3, 0.4) is 0 Å². The molecule has 25 heavy (non-hydrogen) atoms. The van der Waals surface area contributed by atoms with Crippen LogP contribution in [0.2, 0.25) is 0 Å². The van der Waals surface area contributed by atoms with Gasteiger partial charge < -0.3 is 10.4 Å². The molecule has 0 aliphatic carbocycles. The summed E-state index contributed by atoms with van der Waals surface area (Å²) in [5.74, 6) is 0.852. The third-order valence-electron chi connectivity index (χ3n) is 3.94. The second kappa shape index (κ2) is 8.49. The molecule has 1 heterocycles. The molecule has 0 aliphatic heterocycles. The molecule has 6 nitrogen and oxygen atoms in total. The standard InChI is InChI=1S/C18H25BrN4O2/c1-11(9-12(2)24)10-20-18(25)21-17-16(13(3)22-23(17)4)14-5-7-15(19)8-6-14/h5-8,11-12,24H,9-10H2,1-4H3,(H2,20,21,25)/t11-,12+/m0/s1. The van der Waals surface area contributed by atoms with Gasteiger partial charge in [-0.3, -0.25) is 10.00 Å². The zero-order valence-electron chi connectivity index (χ0n) is 15.0. The van der Waals surface area contributed by atoms with Crippen molar-refractivity contribution in [1.29, 1.82) is 0 Å². The first-order valence-electron chi connectivity index (χ1n) is 8.30. The van der Waals surface area contributed by atoms with E-state index < -0.39 is 0 Å². The van der Waals surface area contributed by atoms with Gasteiger partial charge in [0.25, 0.3) is 0 Å². The van der Waals surface area contributed by atoms with Gasteiger partial charge in [-0.15, -0.1) is 0 Å². The number of aromatic nitrogens is 2. The van der Waals surface area contributed by atoms with Crippen molar-refractivity contribution in [3.8, 4) is 11.1 Å². The Balaban J connectivity index is 2.11. The number of carbonyl (C=O) groups excluding carboxylic acids is 1. The average Bonchev–Trinajstić information content (AvgIpc) is 2.80. The second-order valence-corrected chi connectivity index (χ2v) is 7.38. The highest BCUT2D eigenvalue weighted by atomic mass is 79.9. The van der Waals surface area contributed by atoms with Crippen LogP contribution in [0.25, 0.3) is 11.1 Å². The summed E-state index contributed by atoms with van der Waals surface area (Å²) >= 11 is 3.43. The summed E-state index contributed by atoms with van der Waals surface area (Å²) < 4.78 is 2.67. The van der Waals surface area contributed by atoms with E-state index in [9.17, 15) is 9.90 Å². The monoisotopic (exact) mass is 408 g/mol. The molecule has 0 unspecified atom stereocenters. The Kier molecular flexibility index (Phi) is 6.61. The molecular weight excluding hydrogens is 384 g/mol. The Hall–Kier alpha value is -1.86. The van der Waals surface area contributed by atoms with Crippen molar-refractivity contribution in [3.63, 3.8) is 0 Å². The van der Waals surface area contributed by atoms with Gasteiger partial charge in [-0.05, 0) is 43.9 Å². The largest absolute Gasteiger partial charge is 0.393 e. The molecule has 0 bridgehead atoms. The van der Waals surface area contributed by atoms with Gasteiger partial charge in [0.2, 0.25) is 0 Å². The molecule has 1 aromatic carbocycles. The molecule has 2 rings (SSSR count). The van der Waals surface area contributed by atoms with E-state index in [1.54, 1.807) is 18.7 Å². The SMILES string of the molecule is Cc1nn(C)c(NC(=O)NC[C@@H](C)C[C@@H](C)O)c1-c1ccc(Br)cc1. The van der Waals surface area contributed by atoms with Gasteiger partial charge in [0.1, 0.15) is 5.82 Å². The summed E-state index contributed by atoms with van der Waals surface area (Å²) in [5, 5.41) is 19.6. The maximum absolute atomic E-state index is 12.3. The van der Waals surface area contributed by atoms with Gasteiger partial charge in [0.15, 0.2) is 0 Å². The van der Waals surface area contributed by atoms with Crippen LogP contribution in [-0.4, -0.2) is 33.6 Å². The molecule has 0 fully saturated rings. The van der Waals surface area contributed by atoms with E-state index in [0.29, 0.717) is 18.8 Å². The van der Waals surface area contributed by atoms with Crippen molar-refractivity contribution < 1.29 is 9.90 Å². The van der Waals surface area contributed by atoms with Gasteiger partial charge in [-0.25, -0.2) is 4.79 Å². The molecule has 0 saturated carbocycles. The van der Waals surface area contributed by atoms with E-state index in [1.807, 2.05) is 38.1 Å². The van der Waals surface area contributed by atoms with E-state index in [0.717, 1.165) is 21.3 Å². The first-order valence-corrected chi connectivity index (χ1v) is 9.09. The fourth-order valence-electron chi connectivity index (χ4n) is 2.85. The van der Waals surface area contributed by atoms with Crippen molar-refractivity contribution in [1.82, 2.24) is 15.1 Å². The number of nitrogens with zero attached hydrogens (tertiary/aromatic N) is 2. The number of hydrogen-bond donors (Lipinski definition) is 3. The van der Waals surface area contributed by atoms with Crippen LogP contribution < -0.4 is 10.6 Å². The third-order valence-corrected chi connectivity index (χ3v) is 4.47. The van der Waals surface area contributed by atoms with Crippen molar-refractivity contribution in [2.75, 3.05) is 11.9 Å². The van der Waals surface area contributed by atoms with Crippen LogP contribution >= 0.6 is 15.9 Å². The number of aliphatic hydroxyl groups excluding tert-OH is 1. The zero-order valence-corrected chi connectivity index (χ0v) is 16.6. The summed E-state index contributed by atoms with van der Waals surface area (Å²) in [5.41, 5.74) is 2.75. The van der Waals surface area contributed by atoms with Crippen molar-refractivity contribution >= 4 is 27.8 Å². The first kappa shape index (κ1) is 19.5. The molecule has 136 valence electrons. The Labute approximate surface area is 156 Å². The summed E-state index contributed by atoms with van der Waals surface area (Å²) in [6, 6.07) is 7.62. The van der Waals surface area contributed by atoms with E-state index in [2.05, 4.69) is 31.7 Å². The lowest BCUT2D eigenvalue weighted by Gasteiger charge is -2.15. The maximum Gasteiger partial charge on any atom is 0.320 e. The minimum atomic E-state index is -0.372. The summed E-state index contributed by atoms with van der Waals surface area (Å²) in [6.45, 7) is 6.17. The highest BCUT2D eigenvalue weighted by Crippen LogP contribution is 2.31. The molecule has 2 atom stereocenters. The minimum Gasteiger partial charge on any atom is -0.393 e. The number of aryl methyl sites for hydroxylation is 2. The zero-order chi connectivity index (χ0) is 18.6. The van der Waals surface area contributed by atoms with Crippen LogP contribution in [-0.2, 0) is 7.05 Å². The Morgan fingerprint density at radius 2 is 1.96 bits per heavy atom. The van der Waals surface area contributed by atoms with Gasteiger partial charge in [0, 0.05) is 23.6 Å². The van der Waals surface area contributed by atoms with Crippen molar-refractivity contribution in [3.05, 3.63) is 34.4 Å². The topological polar surface area (TPSA) is 79.2 Å². The number of hydrogen-bond acceptors (Lipinski definition) is 3. The third kappa shape index (κ3) is 5.31. The molecule has 0 spiro atoms. The summed E-state index contributed by atoms with van der Waals surface area (Å²) in [4.78, 5) is 12.3. The smallest absolute Gasteiger partial charge is 0.320 e. The predicted molar refractivity (Wildman–Crippen MR) is 104 cm³/mol. The van der Waals surface area contributed by atoms with E-state index in [4.69, 9.17) is 0 Å². The van der Waals surface area contributed by atoms with Crippen LogP contribution in [0.15, 0.2) is 28.7 Å². The van der Waals surface area contributed by atoms with Crippen LogP contribution in [0.4, 0.5) is 10.6 Å². The number of halogens is 1. The highest BCUT2D eigenvalue weighted by molar-refractivity contribution is 9.10. The van der Waals surface area contributed by atoms with Gasteiger partial charge >= 0.3 is 6.03 Å². The highest BCUT2D eigenvalue weighted by Gasteiger charge is 2.17. The molecule has 3 N–H and O–H groups in total. The van der Waals surface area contributed by atoms with Crippen molar-refractivity contribution in [2.24, 2.45) is 13.0 Å². The minimum absolute atomic E-state index is 0.199. The van der Waals surface area contributed by atoms with Gasteiger partial charge in [-0.1, -0.05) is 35.0 Å². The predicted octanol–water partition coefficient (Wildman–Crippen LogP) is 3.69. The molecule has 0 radical (unpaired) electrons. The normalized spacial score (nSPS) is 13.4. The number of amides is 2. The summed E-state index contributed by atoms with van der Waals surface area (Å²) in [7, 11) is 1.81. The van der Waals surface area contributed by atoms with E-state index in [1.165, 1.54) is 0 Å². The number of aliphatic hydroxyl groups is 1. The Bertz CT molecular complexity index is 725. The quantitative estimate of drug-likeness (QED) is 0.681. The second-order valence-electron chi connectivity index (χ2n) is 6.46. The molecular formula is C18H25BrN4O2. The fourth-order valence-corrected chi connectivity index (χ4v) is 3.11. The van der Waals surface area contributed by atoms with Gasteiger partial charge in [0.05, 0.1) is 11.8 Å². The molecule has 0 saturated heterocycles. The number of urea groups is 1. The lowest BCUT2D eigenvalue weighted by molar-refractivity contribution is 0.163. The van der Waals surface area contributed by atoms with E-state index in [-0.39, 0.29) is 18.1 Å². The number of nitrogens with one attached hydrogen (secondary N) is 2. The van der Waals surface area contributed by atoms with E-state index >= 15 is 0 Å². The fraction of sp³-hybridized carbons (Fsp3) is 0.444.